The molecule has 1 aromatic carbocycles. The second-order valence-electron chi connectivity index (χ2n) is 9.51. The summed E-state index contributed by atoms with van der Waals surface area (Å²) in [5.41, 5.74) is 3.62. The molecule has 7 nitrogen and oxygen atoms in total. The number of benzene rings is 1. The van der Waals surface area contributed by atoms with Gasteiger partial charge >= 0.3 is 0 Å². The molecule has 0 amide bonds. The van der Waals surface area contributed by atoms with Crippen LogP contribution in [-0.4, -0.2) is 70.3 Å². The SMILES string of the molecule is Cn1cc(-c2ccc3cnc(CC(=O)c4ccnc(N5CC[N+](C)(C)CC5)c4)cc3c2)cn1. The minimum absolute atomic E-state index is 0.0574. The number of hydrogen-bond donors (Lipinski definition) is 0. The number of quaternary nitrogens is 1. The van der Waals surface area contributed by atoms with Crippen molar-refractivity contribution in [2.75, 3.05) is 45.2 Å². The molecule has 1 fully saturated rings. The molecule has 1 saturated heterocycles. The fraction of sp³-hybridized carbons (Fsp3) is 0.308. The predicted octanol–water partition coefficient (Wildman–Crippen LogP) is 3.35. The quantitative estimate of drug-likeness (QED) is 0.351. The van der Waals surface area contributed by atoms with Crippen molar-refractivity contribution in [3.63, 3.8) is 0 Å². The highest BCUT2D eigenvalue weighted by Crippen LogP contribution is 2.25. The van der Waals surface area contributed by atoms with Gasteiger partial charge in [0, 0.05) is 47.8 Å². The summed E-state index contributed by atoms with van der Waals surface area (Å²) in [6.07, 6.45) is 7.70. The Morgan fingerprint density at radius 3 is 2.55 bits per heavy atom. The number of carbonyl (C=O) groups excluding carboxylic acids is 1. The fourth-order valence-electron chi connectivity index (χ4n) is 4.30. The molecule has 3 aromatic heterocycles. The number of pyridine rings is 2. The van der Waals surface area contributed by atoms with Crippen molar-refractivity contribution in [1.82, 2.24) is 19.7 Å². The molecule has 0 bridgehead atoms. The summed E-state index contributed by atoms with van der Waals surface area (Å²) in [6, 6.07) is 12.0. The van der Waals surface area contributed by atoms with Crippen molar-refractivity contribution in [2.45, 2.75) is 6.42 Å². The second kappa shape index (κ2) is 8.41. The Kier molecular flexibility index (Phi) is 5.42. The molecular formula is C26H29N6O+. The molecule has 0 N–H and O–H groups in total. The largest absolute Gasteiger partial charge is 0.345 e. The molecule has 4 heterocycles. The third-order valence-corrected chi connectivity index (χ3v) is 6.50. The first-order valence-electron chi connectivity index (χ1n) is 11.3. The van der Waals surface area contributed by atoms with E-state index in [4.69, 9.17) is 0 Å². The smallest absolute Gasteiger partial charge is 0.169 e. The summed E-state index contributed by atoms with van der Waals surface area (Å²) >= 11 is 0. The van der Waals surface area contributed by atoms with Gasteiger partial charge in [-0.25, -0.2) is 4.98 Å². The monoisotopic (exact) mass is 441 g/mol. The number of anilines is 1. The zero-order chi connectivity index (χ0) is 23.0. The number of nitrogens with zero attached hydrogens (tertiary/aromatic N) is 6. The van der Waals surface area contributed by atoms with Crippen LogP contribution in [0, 0.1) is 0 Å². The molecule has 0 saturated carbocycles. The predicted molar refractivity (Wildman–Crippen MR) is 130 cm³/mol. The van der Waals surface area contributed by atoms with Crippen LogP contribution in [0.3, 0.4) is 0 Å². The number of ketones is 1. The van der Waals surface area contributed by atoms with Gasteiger partial charge < -0.3 is 9.38 Å². The van der Waals surface area contributed by atoms with E-state index in [0.29, 0.717) is 5.56 Å². The molecule has 7 heteroatoms. The van der Waals surface area contributed by atoms with Crippen LogP contribution in [-0.2, 0) is 13.5 Å². The number of likely N-dealkylation sites (N-methyl/N-ethyl adjacent to an activating group) is 1. The average molecular weight is 442 g/mol. The normalized spacial score (nSPS) is 15.7. The van der Waals surface area contributed by atoms with E-state index in [9.17, 15) is 4.79 Å². The number of aromatic nitrogens is 4. The van der Waals surface area contributed by atoms with Crippen LogP contribution in [0.4, 0.5) is 5.82 Å². The summed E-state index contributed by atoms with van der Waals surface area (Å²) < 4.78 is 2.81. The van der Waals surface area contributed by atoms with Crippen LogP contribution in [0.5, 0.6) is 0 Å². The minimum atomic E-state index is 0.0574. The molecule has 1 aliphatic heterocycles. The maximum atomic E-state index is 13.1. The van der Waals surface area contributed by atoms with E-state index in [1.165, 1.54) is 0 Å². The van der Waals surface area contributed by atoms with Gasteiger partial charge in [-0.15, -0.1) is 0 Å². The molecule has 33 heavy (non-hydrogen) atoms. The first kappa shape index (κ1) is 21.3. The highest BCUT2D eigenvalue weighted by Gasteiger charge is 2.25. The zero-order valence-corrected chi connectivity index (χ0v) is 19.4. The molecule has 0 atom stereocenters. The highest BCUT2D eigenvalue weighted by atomic mass is 16.1. The van der Waals surface area contributed by atoms with Gasteiger partial charge in [-0.05, 0) is 35.2 Å². The Morgan fingerprint density at radius 2 is 1.79 bits per heavy atom. The van der Waals surface area contributed by atoms with E-state index in [1.807, 2.05) is 37.8 Å². The number of hydrogen-bond acceptors (Lipinski definition) is 5. The molecule has 0 radical (unpaired) electrons. The summed E-state index contributed by atoms with van der Waals surface area (Å²) in [4.78, 5) is 24.4. The molecule has 168 valence electrons. The Balaban J connectivity index is 1.34. The third kappa shape index (κ3) is 4.64. The Morgan fingerprint density at radius 1 is 0.970 bits per heavy atom. The van der Waals surface area contributed by atoms with Crippen LogP contribution in [0.1, 0.15) is 16.1 Å². The Labute approximate surface area is 193 Å². The Bertz CT molecular complexity index is 1320. The zero-order valence-electron chi connectivity index (χ0n) is 19.4. The van der Waals surface area contributed by atoms with Gasteiger partial charge in [0.25, 0.3) is 0 Å². The fourth-order valence-corrected chi connectivity index (χ4v) is 4.30. The number of aryl methyl sites for hydroxylation is 1. The number of piperazine rings is 1. The van der Waals surface area contributed by atoms with E-state index in [2.05, 4.69) is 52.3 Å². The lowest BCUT2D eigenvalue weighted by atomic mass is 10.0. The standard InChI is InChI=1S/C26H29N6O/c1-30-18-23(17-29-30)19-4-5-21-16-28-24(13-22(21)12-19)15-25(33)20-6-7-27-26(14-20)31-8-10-32(2,3)11-9-31/h4-7,12-14,16-18H,8-11,15H2,1-3H3/q+1. The second-order valence-corrected chi connectivity index (χ2v) is 9.51. The summed E-state index contributed by atoms with van der Waals surface area (Å²) in [5.74, 6) is 0.940. The summed E-state index contributed by atoms with van der Waals surface area (Å²) in [6.45, 7) is 4.04. The van der Waals surface area contributed by atoms with Gasteiger partial charge in [0.2, 0.25) is 0 Å². The van der Waals surface area contributed by atoms with Gasteiger partial charge in [0.05, 0.1) is 52.9 Å². The van der Waals surface area contributed by atoms with Crippen LogP contribution in [0.15, 0.2) is 61.2 Å². The van der Waals surface area contributed by atoms with Gasteiger partial charge in [0.1, 0.15) is 5.82 Å². The molecule has 4 aromatic rings. The highest BCUT2D eigenvalue weighted by molar-refractivity contribution is 5.98. The van der Waals surface area contributed by atoms with E-state index in [1.54, 1.807) is 16.9 Å². The van der Waals surface area contributed by atoms with Crippen molar-refractivity contribution >= 4 is 22.4 Å². The average Bonchev–Trinajstić information content (AvgIpc) is 3.25. The van der Waals surface area contributed by atoms with Gasteiger partial charge in [0.15, 0.2) is 5.78 Å². The van der Waals surface area contributed by atoms with E-state index in [0.717, 1.165) is 64.1 Å². The van der Waals surface area contributed by atoms with Crippen molar-refractivity contribution in [3.8, 4) is 11.1 Å². The summed E-state index contributed by atoms with van der Waals surface area (Å²) in [5, 5.41) is 6.38. The molecule has 0 spiro atoms. The maximum absolute atomic E-state index is 13.1. The molecule has 0 unspecified atom stereocenters. The number of carbonyl (C=O) groups is 1. The topological polar surface area (TPSA) is 63.9 Å². The molecule has 0 aliphatic carbocycles. The lowest BCUT2D eigenvalue weighted by Gasteiger charge is -2.39. The summed E-state index contributed by atoms with van der Waals surface area (Å²) in [7, 11) is 6.41. The van der Waals surface area contributed by atoms with E-state index >= 15 is 0 Å². The number of rotatable bonds is 5. The van der Waals surface area contributed by atoms with E-state index < -0.39 is 0 Å². The first-order chi connectivity index (χ1) is 15.9. The Hall–Kier alpha value is -3.58. The maximum Gasteiger partial charge on any atom is 0.169 e. The minimum Gasteiger partial charge on any atom is -0.345 e. The third-order valence-electron chi connectivity index (χ3n) is 6.50. The van der Waals surface area contributed by atoms with E-state index in [-0.39, 0.29) is 12.2 Å². The molecule has 1 aliphatic rings. The lowest BCUT2D eigenvalue weighted by Crippen LogP contribution is -2.55. The van der Waals surface area contributed by atoms with Gasteiger partial charge in [-0.1, -0.05) is 12.1 Å². The van der Waals surface area contributed by atoms with Crippen LogP contribution in [0.25, 0.3) is 21.9 Å². The van der Waals surface area contributed by atoms with Crippen LogP contribution >= 0.6 is 0 Å². The van der Waals surface area contributed by atoms with Crippen molar-refractivity contribution in [3.05, 3.63) is 72.4 Å². The van der Waals surface area contributed by atoms with Crippen LogP contribution in [0.2, 0.25) is 0 Å². The molecule has 5 rings (SSSR count). The van der Waals surface area contributed by atoms with Crippen molar-refractivity contribution in [2.24, 2.45) is 7.05 Å². The number of Topliss-reactive ketones (excluding diaryl/α,β-unsaturated/α-hetero) is 1. The number of fused-ring (bicyclic) bond motifs is 1. The first-order valence-corrected chi connectivity index (χ1v) is 11.3. The van der Waals surface area contributed by atoms with Gasteiger partial charge in [-0.3, -0.25) is 14.5 Å². The van der Waals surface area contributed by atoms with Crippen molar-refractivity contribution < 1.29 is 9.28 Å². The molecular weight excluding hydrogens is 412 g/mol. The van der Waals surface area contributed by atoms with Gasteiger partial charge in [-0.2, -0.15) is 5.10 Å². The lowest BCUT2D eigenvalue weighted by molar-refractivity contribution is -0.890. The van der Waals surface area contributed by atoms with Crippen LogP contribution < -0.4 is 4.90 Å². The van der Waals surface area contributed by atoms with Crippen molar-refractivity contribution in [1.29, 1.82) is 0 Å².